The zero-order valence-corrected chi connectivity index (χ0v) is 17.7. The van der Waals surface area contributed by atoms with Crippen molar-refractivity contribution in [3.8, 4) is 0 Å². The van der Waals surface area contributed by atoms with Crippen LogP contribution < -0.4 is 10.6 Å². The molecule has 1 rings (SSSR count). The molecular formula is C19H35N3O3S. The van der Waals surface area contributed by atoms with Crippen LogP contribution in [0.15, 0.2) is 0 Å². The van der Waals surface area contributed by atoms with Crippen molar-refractivity contribution >= 4 is 30.0 Å². The van der Waals surface area contributed by atoms with Crippen LogP contribution in [0.3, 0.4) is 0 Å². The van der Waals surface area contributed by atoms with Crippen molar-refractivity contribution in [2.75, 3.05) is 18.1 Å². The van der Waals surface area contributed by atoms with E-state index in [9.17, 15) is 14.4 Å². The number of likely N-dealkylation sites (tertiary alicyclic amines) is 1. The zero-order chi connectivity index (χ0) is 19.7. The van der Waals surface area contributed by atoms with Gasteiger partial charge in [0.15, 0.2) is 0 Å². The largest absolute Gasteiger partial charge is 0.335 e. The van der Waals surface area contributed by atoms with Crippen LogP contribution in [0.25, 0.3) is 0 Å². The summed E-state index contributed by atoms with van der Waals surface area (Å²) in [6.45, 7) is 10.6. The van der Waals surface area contributed by atoms with E-state index < -0.39 is 11.5 Å². The van der Waals surface area contributed by atoms with Gasteiger partial charge in [0.05, 0.1) is 6.04 Å². The molecule has 0 bridgehead atoms. The van der Waals surface area contributed by atoms with Gasteiger partial charge in [-0.3, -0.25) is 4.79 Å². The number of amides is 3. The monoisotopic (exact) mass is 385 g/mol. The van der Waals surface area contributed by atoms with E-state index in [1.165, 1.54) is 0 Å². The van der Waals surface area contributed by atoms with Gasteiger partial charge in [0.2, 0.25) is 5.91 Å². The summed E-state index contributed by atoms with van der Waals surface area (Å²) in [5.41, 5.74) is -0.442. The summed E-state index contributed by atoms with van der Waals surface area (Å²) in [4.78, 5) is 38.4. The van der Waals surface area contributed by atoms with Gasteiger partial charge in [-0.1, -0.05) is 41.0 Å². The summed E-state index contributed by atoms with van der Waals surface area (Å²) in [5, 5.41) is 5.89. The normalized spacial score (nSPS) is 19.7. The molecule has 1 aliphatic heterocycles. The summed E-state index contributed by atoms with van der Waals surface area (Å²) in [7, 11) is 0. The minimum absolute atomic E-state index is 0.0928. The van der Waals surface area contributed by atoms with E-state index in [2.05, 4.69) is 24.5 Å². The molecule has 1 saturated heterocycles. The first-order chi connectivity index (χ1) is 12.2. The van der Waals surface area contributed by atoms with Crippen LogP contribution in [0.1, 0.15) is 60.3 Å². The van der Waals surface area contributed by atoms with Crippen molar-refractivity contribution in [2.24, 2.45) is 5.41 Å². The molecule has 1 heterocycles. The van der Waals surface area contributed by atoms with E-state index in [1.54, 1.807) is 16.7 Å². The molecule has 1 fully saturated rings. The van der Waals surface area contributed by atoms with Crippen LogP contribution in [0.2, 0.25) is 0 Å². The van der Waals surface area contributed by atoms with Gasteiger partial charge in [-0.05, 0) is 30.4 Å². The van der Waals surface area contributed by atoms with Crippen LogP contribution in [0.5, 0.6) is 0 Å². The lowest BCUT2D eigenvalue weighted by Gasteiger charge is -2.35. The number of hydrogen-bond acceptors (Lipinski definition) is 4. The fourth-order valence-corrected chi connectivity index (χ4v) is 3.96. The second-order valence-corrected chi connectivity index (χ2v) is 9.26. The number of nitrogens with zero attached hydrogens (tertiary/aromatic N) is 1. The molecule has 3 amide bonds. The van der Waals surface area contributed by atoms with Crippen LogP contribution >= 0.6 is 11.8 Å². The Morgan fingerprint density at radius 1 is 1.27 bits per heavy atom. The highest BCUT2D eigenvalue weighted by Crippen LogP contribution is 2.25. The number of aldehydes is 1. The molecule has 3 atom stereocenters. The average Bonchev–Trinajstić information content (AvgIpc) is 3.05. The Balaban J connectivity index is 2.79. The minimum atomic E-state index is -0.663. The van der Waals surface area contributed by atoms with E-state index >= 15 is 0 Å². The number of carbonyl (C=O) groups excluding carboxylic acids is 3. The van der Waals surface area contributed by atoms with Crippen molar-refractivity contribution < 1.29 is 14.4 Å². The molecule has 0 radical (unpaired) electrons. The van der Waals surface area contributed by atoms with Gasteiger partial charge in [0.1, 0.15) is 12.3 Å². The predicted molar refractivity (Wildman–Crippen MR) is 107 cm³/mol. The lowest BCUT2D eigenvalue weighted by Crippen LogP contribution is -2.58. The molecule has 2 unspecified atom stereocenters. The van der Waals surface area contributed by atoms with E-state index in [0.717, 1.165) is 37.1 Å². The standard InChI is InChI=1S/C19H35N3O3S/c1-6-9-14(13-26-7-2)20-18(25)21-16(19(3,4)5)17(24)22-11-8-10-15(22)12-23/h12,14-16H,6-11,13H2,1-5H3,(H2,20,21,25)/t14?,15-,16?/m0/s1. The highest BCUT2D eigenvalue weighted by Gasteiger charge is 2.39. The van der Waals surface area contributed by atoms with Gasteiger partial charge in [0.25, 0.3) is 0 Å². The van der Waals surface area contributed by atoms with E-state index in [0.29, 0.717) is 13.0 Å². The van der Waals surface area contributed by atoms with Crippen LogP contribution in [0.4, 0.5) is 4.79 Å². The third-order valence-electron chi connectivity index (χ3n) is 4.62. The summed E-state index contributed by atoms with van der Waals surface area (Å²) >= 11 is 1.80. The first kappa shape index (κ1) is 22.8. The quantitative estimate of drug-likeness (QED) is 0.598. The number of nitrogens with one attached hydrogen (secondary N) is 2. The first-order valence-corrected chi connectivity index (χ1v) is 10.8. The third kappa shape index (κ3) is 6.82. The number of carbonyl (C=O) groups is 3. The Labute approximate surface area is 162 Å². The molecule has 0 aromatic carbocycles. The van der Waals surface area contributed by atoms with Crippen LogP contribution in [-0.2, 0) is 9.59 Å². The van der Waals surface area contributed by atoms with Gasteiger partial charge in [-0.15, -0.1) is 0 Å². The third-order valence-corrected chi connectivity index (χ3v) is 5.67. The molecule has 26 heavy (non-hydrogen) atoms. The van der Waals surface area contributed by atoms with Gasteiger partial charge in [0, 0.05) is 18.3 Å². The average molecular weight is 386 g/mol. The maximum atomic E-state index is 13.0. The molecule has 0 aliphatic carbocycles. The molecule has 150 valence electrons. The Hall–Kier alpha value is -1.24. The van der Waals surface area contributed by atoms with E-state index in [4.69, 9.17) is 0 Å². The summed E-state index contributed by atoms with van der Waals surface area (Å²) in [6, 6.07) is -1.25. The molecule has 2 N–H and O–H groups in total. The number of urea groups is 1. The predicted octanol–water partition coefficient (Wildman–Crippen LogP) is 2.81. The molecule has 0 spiro atoms. The van der Waals surface area contributed by atoms with E-state index in [1.807, 2.05) is 20.8 Å². The minimum Gasteiger partial charge on any atom is -0.335 e. The second-order valence-electron chi connectivity index (χ2n) is 7.94. The maximum absolute atomic E-state index is 13.0. The first-order valence-electron chi connectivity index (χ1n) is 9.65. The molecular weight excluding hydrogens is 350 g/mol. The van der Waals surface area contributed by atoms with Crippen molar-refractivity contribution in [1.29, 1.82) is 0 Å². The SMILES string of the molecule is CCCC(CSCC)NC(=O)NC(C(=O)N1CCC[C@H]1C=O)C(C)(C)C. The molecule has 0 aromatic rings. The summed E-state index contributed by atoms with van der Waals surface area (Å²) in [5.74, 6) is 1.71. The van der Waals surface area contributed by atoms with Crippen molar-refractivity contribution in [3.05, 3.63) is 0 Å². The van der Waals surface area contributed by atoms with Gasteiger partial charge in [-0.2, -0.15) is 11.8 Å². The lowest BCUT2D eigenvalue weighted by atomic mass is 9.85. The highest BCUT2D eigenvalue weighted by atomic mass is 32.2. The Bertz CT molecular complexity index is 479. The molecule has 6 nitrogen and oxygen atoms in total. The second kappa shape index (κ2) is 10.8. The van der Waals surface area contributed by atoms with Gasteiger partial charge in [-0.25, -0.2) is 4.79 Å². The number of hydrogen-bond donors (Lipinski definition) is 2. The number of rotatable bonds is 9. The molecule has 0 aromatic heterocycles. The topological polar surface area (TPSA) is 78.5 Å². The van der Waals surface area contributed by atoms with E-state index in [-0.39, 0.29) is 24.0 Å². The number of thioether (sulfide) groups is 1. The van der Waals surface area contributed by atoms with Crippen molar-refractivity contribution in [1.82, 2.24) is 15.5 Å². The Morgan fingerprint density at radius 3 is 2.50 bits per heavy atom. The van der Waals surface area contributed by atoms with Crippen molar-refractivity contribution in [3.63, 3.8) is 0 Å². The smallest absolute Gasteiger partial charge is 0.315 e. The van der Waals surface area contributed by atoms with Crippen LogP contribution in [-0.4, -0.2) is 59.3 Å². The fraction of sp³-hybridized carbons (Fsp3) is 0.842. The lowest BCUT2D eigenvalue weighted by molar-refractivity contribution is -0.138. The fourth-order valence-electron chi connectivity index (χ4n) is 3.19. The Morgan fingerprint density at radius 2 is 1.96 bits per heavy atom. The van der Waals surface area contributed by atoms with Gasteiger partial charge < -0.3 is 20.3 Å². The summed E-state index contributed by atoms with van der Waals surface area (Å²) < 4.78 is 0. The van der Waals surface area contributed by atoms with Gasteiger partial charge >= 0.3 is 6.03 Å². The molecule has 0 saturated carbocycles. The van der Waals surface area contributed by atoms with Crippen LogP contribution in [0, 0.1) is 5.41 Å². The van der Waals surface area contributed by atoms with Crippen molar-refractivity contribution in [2.45, 2.75) is 78.4 Å². The molecule has 1 aliphatic rings. The Kier molecular flexibility index (Phi) is 9.47. The molecule has 7 heteroatoms. The zero-order valence-electron chi connectivity index (χ0n) is 16.8. The highest BCUT2D eigenvalue weighted by molar-refractivity contribution is 7.99. The summed E-state index contributed by atoms with van der Waals surface area (Å²) in [6.07, 6.45) is 4.26. The maximum Gasteiger partial charge on any atom is 0.315 e.